The third-order valence-electron chi connectivity index (χ3n) is 3.29. The average molecular weight is 312 g/mol. The van der Waals surface area contributed by atoms with Gasteiger partial charge in [0.15, 0.2) is 0 Å². The van der Waals surface area contributed by atoms with Gasteiger partial charge in [-0.15, -0.1) is 11.3 Å². The zero-order chi connectivity index (χ0) is 15.2. The third kappa shape index (κ3) is 5.02. The number of carboxylic acid groups (broad SMARTS) is 1. The Morgan fingerprint density at radius 1 is 1.62 bits per heavy atom. The Kier molecular flexibility index (Phi) is 5.58. The van der Waals surface area contributed by atoms with Gasteiger partial charge in [0.05, 0.1) is 19.1 Å². The maximum absolute atomic E-state index is 12.2. The molecule has 0 aromatic carbocycles. The molecule has 21 heavy (non-hydrogen) atoms. The Labute approximate surface area is 127 Å². The number of ether oxygens (including phenoxy) is 1. The summed E-state index contributed by atoms with van der Waals surface area (Å²) in [4.78, 5) is 25.7. The maximum Gasteiger partial charge on any atom is 0.317 e. The predicted molar refractivity (Wildman–Crippen MR) is 79.6 cm³/mol. The SMILES string of the molecule is CC(Cc1cccs1)NC(=O)N1CCOC(CC(=O)O)C1. The number of hydrogen-bond acceptors (Lipinski definition) is 4. The molecule has 1 aromatic heterocycles. The highest BCUT2D eigenvalue weighted by Crippen LogP contribution is 2.12. The van der Waals surface area contributed by atoms with Crippen molar-refractivity contribution in [2.45, 2.75) is 31.9 Å². The average Bonchev–Trinajstić information content (AvgIpc) is 2.90. The minimum absolute atomic E-state index is 0.0388. The van der Waals surface area contributed by atoms with Crippen LogP contribution in [0.1, 0.15) is 18.2 Å². The molecule has 2 N–H and O–H groups in total. The second-order valence-corrected chi connectivity index (χ2v) is 6.20. The van der Waals surface area contributed by atoms with Crippen molar-refractivity contribution >= 4 is 23.3 Å². The first-order valence-electron chi connectivity index (χ1n) is 6.96. The van der Waals surface area contributed by atoms with E-state index in [0.29, 0.717) is 19.7 Å². The summed E-state index contributed by atoms with van der Waals surface area (Å²) in [5, 5.41) is 13.8. The second kappa shape index (κ2) is 7.42. The van der Waals surface area contributed by atoms with Gasteiger partial charge in [0.1, 0.15) is 0 Å². The summed E-state index contributed by atoms with van der Waals surface area (Å²) in [6.07, 6.45) is 0.301. The van der Waals surface area contributed by atoms with Crippen LogP contribution in [0.25, 0.3) is 0 Å². The van der Waals surface area contributed by atoms with E-state index in [1.54, 1.807) is 16.2 Å². The highest BCUT2D eigenvalue weighted by molar-refractivity contribution is 7.09. The number of morpholine rings is 1. The van der Waals surface area contributed by atoms with E-state index in [9.17, 15) is 9.59 Å². The summed E-state index contributed by atoms with van der Waals surface area (Å²) in [5.74, 6) is -0.909. The van der Waals surface area contributed by atoms with Crippen LogP contribution in [-0.2, 0) is 16.0 Å². The molecule has 1 aromatic rings. The number of thiophene rings is 1. The standard InChI is InChI=1S/C14H20N2O4S/c1-10(7-12-3-2-6-21-12)15-14(19)16-4-5-20-11(9-16)8-13(17)18/h2-3,6,10-11H,4-5,7-9H2,1H3,(H,15,19)(H,17,18). The van der Waals surface area contributed by atoms with Gasteiger partial charge >= 0.3 is 12.0 Å². The lowest BCUT2D eigenvalue weighted by Gasteiger charge is -2.33. The summed E-state index contributed by atoms with van der Waals surface area (Å²) in [6.45, 7) is 3.16. The fourth-order valence-electron chi connectivity index (χ4n) is 2.31. The molecule has 1 fully saturated rings. The van der Waals surface area contributed by atoms with Crippen molar-refractivity contribution in [3.8, 4) is 0 Å². The predicted octanol–water partition coefficient (Wildman–Crippen LogP) is 1.56. The molecule has 0 bridgehead atoms. The molecule has 2 rings (SSSR count). The van der Waals surface area contributed by atoms with Gasteiger partial charge in [-0.25, -0.2) is 4.79 Å². The monoisotopic (exact) mass is 312 g/mol. The van der Waals surface area contributed by atoms with E-state index >= 15 is 0 Å². The summed E-state index contributed by atoms with van der Waals surface area (Å²) in [6, 6.07) is 3.92. The molecular formula is C14H20N2O4S. The van der Waals surface area contributed by atoms with Crippen molar-refractivity contribution in [1.29, 1.82) is 0 Å². The van der Waals surface area contributed by atoms with Gasteiger partial charge in [-0.1, -0.05) is 6.07 Å². The molecule has 1 aliphatic heterocycles. The number of carbonyl (C=O) groups excluding carboxylic acids is 1. The molecule has 0 saturated carbocycles. The first-order chi connectivity index (χ1) is 10.0. The van der Waals surface area contributed by atoms with Gasteiger partial charge in [0.2, 0.25) is 0 Å². The number of hydrogen-bond donors (Lipinski definition) is 2. The van der Waals surface area contributed by atoms with Gasteiger partial charge < -0.3 is 20.1 Å². The topological polar surface area (TPSA) is 78.9 Å². The lowest BCUT2D eigenvalue weighted by atomic mass is 10.2. The summed E-state index contributed by atoms with van der Waals surface area (Å²) in [7, 11) is 0. The van der Waals surface area contributed by atoms with Crippen molar-refractivity contribution in [1.82, 2.24) is 10.2 Å². The third-order valence-corrected chi connectivity index (χ3v) is 4.18. The molecule has 0 aliphatic carbocycles. The Balaban J connectivity index is 1.80. The van der Waals surface area contributed by atoms with E-state index in [-0.39, 0.29) is 18.5 Å². The minimum atomic E-state index is -0.909. The van der Waals surface area contributed by atoms with Gasteiger partial charge in [0.25, 0.3) is 0 Å². The molecule has 2 heterocycles. The lowest BCUT2D eigenvalue weighted by molar-refractivity contribution is -0.141. The second-order valence-electron chi connectivity index (χ2n) is 5.17. The smallest absolute Gasteiger partial charge is 0.317 e. The van der Waals surface area contributed by atoms with E-state index in [4.69, 9.17) is 9.84 Å². The normalized spacial score (nSPS) is 20.0. The first-order valence-corrected chi connectivity index (χ1v) is 7.83. The number of carboxylic acids is 1. The molecule has 2 amide bonds. The van der Waals surface area contributed by atoms with Gasteiger partial charge in [0, 0.05) is 30.4 Å². The highest BCUT2D eigenvalue weighted by atomic mass is 32.1. The molecule has 0 radical (unpaired) electrons. The quantitative estimate of drug-likeness (QED) is 0.865. The van der Waals surface area contributed by atoms with Crippen molar-refractivity contribution in [2.24, 2.45) is 0 Å². The Hall–Kier alpha value is -1.60. The summed E-state index contributed by atoms with van der Waals surface area (Å²) >= 11 is 1.67. The highest BCUT2D eigenvalue weighted by Gasteiger charge is 2.26. The van der Waals surface area contributed by atoms with Crippen molar-refractivity contribution in [3.05, 3.63) is 22.4 Å². The number of aliphatic carboxylic acids is 1. The van der Waals surface area contributed by atoms with E-state index in [2.05, 4.69) is 5.32 Å². The molecular weight excluding hydrogens is 292 g/mol. The van der Waals surface area contributed by atoms with E-state index in [0.717, 1.165) is 6.42 Å². The van der Waals surface area contributed by atoms with Crippen LogP contribution in [0.5, 0.6) is 0 Å². The number of urea groups is 1. The van der Waals surface area contributed by atoms with Crippen LogP contribution in [0.15, 0.2) is 17.5 Å². The van der Waals surface area contributed by atoms with Crippen molar-refractivity contribution < 1.29 is 19.4 Å². The summed E-state index contributed by atoms with van der Waals surface area (Å²) in [5.41, 5.74) is 0. The van der Waals surface area contributed by atoms with Crippen LogP contribution in [0.3, 0.4) is 0 Å². The van der Waals surface area contributed by atoms with Crippen LogP contribution in [0.4, 0.5) is 4.79 Å². The van der Waals surface area contributed by atoms with Crippen LogP contribution >= 0.6 is 11.3 Å². The fraction of sp³-hybridized carbons (Fsp3) is 0.571. The Morgan fingerprint density at radius 2 is 2.43 bits per heavy atom. The summed E-state index contributed by atoms with van der Waals surface area (Å²) < 4.78 is 5.36. The van der Waals surface area contributed by atoms with Crippen LogP contribution in [-0.4, -0.2) is 53.8 Å². The Morgan fingerprint density at radius 3 is 3.10 bits per heavy atom. The molecule has 2 unspecified atom stereocenters. The van der Waals surface area contributed by atoms with Crippen LogP contribution in [0, 0.1) is 0 Å². The zero-order valence-electron chi connectivity index (χ0n) is 11.9. The molecule has 7 heteroatoms. The number of nitrogens with zero attached hydrogens (tertiary/aromatic N) is 1. The van der Waals surface area contributed by atoms with E-state index in [1.165, 1.54) is 4.88 Å². The molecule has 1 aliphatic rings. The van der Waals surface area contributed by atoms with Crippen molar-refractivity contribution in [2.75, 3.05) is 19.7 Å². The number of carbonyl (C=O) groups is 2. The number of rotatable bonds is 5. The fourth-order valence-corrected chi connectivity index (χ4v) is 3.14. The molecule has 116 valence electrons. The zero-order valence-corrected chi connectivity index (χ0v) is 12.8. The van der Waals surface area contributed by atoms with Gasteiger partial charge in [-0.2, -0.15) is 0 Å². The minimum Gasteiger partial charge on any atom is -0.481 e. The Bertz CT molecular complexity index is 477. The van der Waals surface area contributed by atoms with Crippen LogP contribution in [0.2, 0.25) is 0 Å². The van der Waals surface area contributed by atoms with E-state index < -0.39 is 12.1 Å². The lowest BCUT2D eigenvalue weighted by Crippen LogP contribution is -2.52. The van der Waals surface area contributed by atoms with Gasteiger partial charge in [-0.05, 0) is 18.4 Å². The van der Waals surface area contributed by atoms with Crippen molar-refractivity contribution in [3.63, 3.8) is 0 Å². The molecule has 6 nitrogen and oxygen atoms in total. The largest absolute Gasteiger partial charge is 0.481 e. The molecule has 2 atom stereocenters. The number of nitrogens with one attached hydrogen (secondary N) is 1. The van der Waals surface area contributed by atoms with Crippen LogP contribution < -0.4 is 5.32 Å². The molecule has 0 spiro atoms. The number of amides is 2. The van der Waals surface area contributed by atoms with E-state index in [1.807, 2.05) is 24.4 Å². The maximum atomic E-state index is 12.2. The van der Waals surface area contributed by atoms with Gasteiger partial charge in [-0.3, -0.25) is 4.79 Å². The first kappa shape index (κ1) is 15.8. The molecule has 1 saturated heterocycles.